The predicted octanol–water partition coefficient (Wildman–Crippen LogP) is 2.07. The molecule has 20 heavy (non-hydrogen) atoms. The van der Waals surface area contributed by atoms with Crippen LogP contribution in [0.1, 0.15) is 41.6 Å². The first kappa shape index (κ1) is 15.0. The van der Waals surface area contributed by atoms with Crippen molar-refractivity contribution in [2.24, 2.45) is 23.3 Å². The Morgan fingerprint density at radius 1 is 1.15 bits per heavy atom. The Bertz CT molecular complexity index is 431. The van der Waals surface area contributed by atoms with E-state index in [0.29, 0.717) is 24.0 Å². The highest BCUT2D eigenvalue weighted by Gasteiger charge is 2.23. The van der Waals surface area contributed by atoms with Crippen LogP contribution in [0.4, 0.5) is 0 Å². The molecule has 0 aromatic heterocycles. The van der Waals surface area contributed by atoms with E-state index >= 15 is 0 Å². The molecule has 1 fully saturated rings. The van der Waals surface area contributed by atoms with E-state index in [1.807, 2.05) is 12.1 Å². The molecule has 2 rings (SSSR count). The van der Waals surface area contributed by atoms with Gasteiger partial charge in [0.05, 0.1) is 13.2 Å². The zero-order valence-corrected chi connectivity index (χ0v) is 11.9. The van der Waals surface area contributed by atoms with Crippen LogP contribution in [-0.4, -0.2) is 19.1 Å². The monoisotopic (exact) mass is 276 g/mol. The summed E-state index contributed by atoms with van der Waals surface area (Å²) in [6.45, 7) is 2.12. The fraction of sp³-hybridized carbons (Fsp3) is 0.562. The SMILES string of the molecule is NCC1CCCCC1COCc1ccc(C(N)=O)cc1. The molecule has 2 unspecified atom stereocenters. The molecule has 1 aliphatic carbocycles. The minimum atomic E-state index is -0.398. The molecule has 0 radical (unpaired) electrons. The molecule has 0 aliphatic heterocycles. The van der Waals surface area contributed by atoms with Crippen molar-refractivity contribution >= 4 is 5.91 Å². The van der Waals surface area contributed by atoms with Crippen LogP contribution < -0.4 is 11.5 Å². The summed E-state index contributed by atoms with van der Waals surface area (Å²) in [6, 6.07) is 7.26. The Labute approximate surface area is 120 Å². The maximum absolute atomic E-state index is 11.0. The Morgan fingerprint density at radius 2 is 1.80 bits per heavy atom. The fourth-order valence-electron chi connectivity index (χ4n) is 2.91. The van der Waals surface area contributed by atoms with Crippen LogP contribution >= 0.6 is 0 Å². The van der Waals surface area contributed by atoms with Crippen molar-refractivity contribution in [1.29, 1.82) is 0 Å². The lowest BCUT2D eigenvalue weighted by Crippen LogP contribution is -2.29. The van der Waals surface area contributed by atoms with Gasteiger partial charge in [0.1, 0.15) is 0 Å². The molecule has 1 aromatic rings. The molecule has 0 saturated heterocycles. The fourth-order valence-corrected chi connectivity index (χ4v) is 2.91. The first-order valence-corrected chi connectivity index (χ1v) is 7.37. The van der Waals surface area contributed by atoms with Crippen LogP contribution in [0.15, 0.2) is 24.3 Å². The Balaban J connectivity index is 1.78. The van der Waals surface area contributed by atoms with Gasteiger partial charge in [0, 0.05) is 5.56 Å². The maximum atomic E-state index is 11.0. The molecule has 1 amide bonds. The van der Waals surface area contributed by atoms with E-state index < -0.39 is 5.91 Å². The predicted molar refractivity (Wildman–Crippen MR) is 79.1 cm³/mol. The van der Waals surface area contributed by atoms with Crippen molar-refractivity contribution in [3.63, 3.8) is 0 Å². The summed E-state index contributed by atoms with van der Waals surface area (Å²) in [6.07, 6.45) is 5.05. The van der Waals surface area contributed by atoms with Gasteiger partial charge in [-0.1, -0.05) is 25.0 Å². The minimum absolute atomic E-state index is 0.398. The van der Waals surface area contributed by atoms with Crippen LogP contribution in [0, 0.1) is 11.8 Å². The molecule has 1 saturated carbocycles. The highest BCUT2D eigenvalue weighted by molar-refractivity contribution is 5.92. The zero-order chi connectivity index (χ0) is 14.4. The van der Waals surface area contributed by atoms with Crippen LogP contribution in [0.25, 0.3) is 0 Å². The molecule has 110 valence electrons. The van der Waals surface area contributed by atoms with E-state index in [1.54, 1.807) is 12.1 Å². The zero-order valence-electron chi connectivity index (χ0n) is 11.9. The second kappa shape index (κ2) is 7.41. The second-order valence-electron chi connectivity index (χ2n) is 5.62. The van der Waals surface area contributed by atoms with Crippen LogP contribution in [0.3, 0.4) is 0 Å². The van der Waals surface area contributed by atoms with Gasteiger partial charge < -0.3 is 16.2 Å². The average Bonchev–Trinajstić information content (AvgIpc) is 2.48. The number of rotatable bonds is 6. The molecule has 1 aliphatic rings. The van der Waals surface area contributed by atoms with Gasteiger partial charge in [-0.2, -0.15) is 0 Å². The maximum Gasteiger partial charge on any atom is 0.248 e. The number of nitrogens with two attached hydrogens (primary N) is 2. The summed E-state index contributed by atoms with van der Waals surface area (Å²) in [5.74, 6) is 0.810. The van der Waals surface area contributed by atoms with E-state index in [0.717, 1.165) is 18.7 Å². The van der Waals surface area contributed by atoms with E-state index in [4.69, 9.17) is 16.2 Å². The minimum Gasteiger partial charge on any atom is -0.376 e. The van der Waals surface area contributed by atoms with Gasteiger partial charge in [-0.05, 0) is 48.9 Å². The van der Waals surface area contributed by atoms with Crippen LogP contribution in [0.2, 0.25) is 0 Å². The van der Waals surface area contributed by atoms with Gasteiger partial charge in [0.2, 0.25) is 5.91 Å². The van der Waals surface area contributed by atoms with Gasteiger partial charge in [0.15, 0.2) is 0 Å². The largest absolute Gasteiger partial charge is 0.376 e. The number of hydrogen-bond acceptors (Lipinski definition) is 3. The summed E-state index contributed by atoms with van der Waals surface area (Å²) in [5, 5.41) is 0. The first-order valence-electron chi connectivity index (χ1n) is 7.37. The standard InChI is InChI=1S/C16H24N2O2/c17-9-14-3-1-2-4-15(14)11-20-10-12-5-7-13(8-6-12)16(18)19/h5-8,14-15H,1-4,9-11,17H2,(H2,18,19). The van der Waals surface area contributed by atoms with Gasteiger partial charge in [0.25, 0.3) is 0 Å². The van der Waals surface area contributed by atoms with E-state index in [9.17, 15) is 4.79 Å². The summed E-state index contributed by atoms with van der Waals surface area (Å²) >= 11 is 0. The Kier molecular flexibility index (Phi) is 5.56. The van der Waals surface area contributed by atoms with Gasteiger partial charge in [-0.15, -0.1) is 0 Å². The van der Waals surface area contributed by atoms with Crippen molar-refractivity contribution in [3.05, 3.63) is 35.4 Å². The molecule has 4 heteroatoms. The van der Waals surface area contributed by atoms with Crippen molar-refractivity contribution in [1.82, 2.24) is 0 Å². The van der Waals surface area contributed by atoms with Crippen molar-refractivity contribution < 1.29 is 9.53 Å². The number of carbonyl (C=O) groups excluding carboxylic acids is 1. The summed E-state index contributed by atoms with van der Waals surface area (Å²) in [4.78, 5) is 11.0. The number of amides is 1. The summed E-state index contributed by atoms with van der Waals surface area (Å²) < 4.78 is 5.82. The van der Waals surface area contributed by atoms with Crippen LogP contribution in [0.5, 0.6) is 0 Å². The third-order valence-corrected chi connectivity index (χ3v) is 4.21. The molecule has 0 bridgehead atoms. The number of hydrogen-bond donors (Lipinski definition) is 2. The quantitative estimate of drug-likeness (QED) is 0.835. The second-order valence-corrected chi connectivity index (χ2v) is 5.62. The normalized spacial score (nSPS) is 22.6. The molecule has 0 heterocycles. The molecule has 0 spiro atoms. The number of carbonyl (C=O) groups is 1. The van der Waals surface area contributed by atoms with E-state index in [2.05, 4.69) is 0 Å². The number of benzene rings is 1. The molecule has 2 atom stereocenters. The first-order chi connectivity index (χ1) is 9.70. The smallest absolute Gasteiger partial charge is 0.248 e. The lowest BCUT2D eigenvalue weighted by Gasteiger charge is -2.30. The molecular weight excluding hydrogens is 252 g/mol. The molecule has 4 nitrogen and oxygen atoms in total. The third-order valence-electron chi connectivity index (χ3n) is 4.21. The van der Waals surface area contributed by atoms with E-state index in [1.165, 1.54) is 25.7 Å². The Hall–Kier alpha value is -1.39. The molecule has 4 N–H and O–H groups in total. The van der Waals surface area contributed by atoms with Crippen molar-refractivity contribution in [2.75, 3.05) is 13.2 Å². The van der Waals surface area contributed by atoms with Gasteiger partial charge in [-0.25, -0.2) is 0 Å². The molecular formula is C16H24N2O2. The average molecular weight is 276 g/mol. The summed E-state index contributed by atoms with van der Waals surface area (Å²) in [5.41, 5.74) is 12.6. The third kappa shape index (κ3) is 4.05. The lowest BCUT2D eigenvalue weighted by atomic mass is 9.80. The van der Waals surface area contributed by atoms with Crippen molar-refractivity contribution in [3.8, 4) is 0 Å². The summed E-state index contributed by atoms with van der Waals surface area (Å²) in [7, 11) is 0. The lowest BCUT2D eigenvalue weighted by molar-refractivity contribution is 0.0512. The highest BCUT2D eigenvalue weighted by atomic mass is 16.5. The topological polar surface area (TPSA) is 78.3 Å². The molecule has 1 aromatic carbocycles. The number of ether oxygens (including phenoxy) is 1. The highest BCUT2D eigenvalue weighted by Crippen LogP contribution is 2.29. The van der Waals surface area contributed by atoms with Crippen LogP contribution in [-0.2, 0) is 11.3 Å². The van der Waals surface area contributed by atoms with E-state index in [-0.39, 0.29) is 0 Å². The number of primary amides is 1. The van der Waals surface area contributed by atoms with Gasteiger partial charge in [-0.3, -0.25) is 4.79 Å². The van der Waals surface area contributed by atoms with Crippen molar-refractivity contribution in [2.45, 2.75) is 32.3 Å². The van der Waals surface area contributed by atoms with Gasteiger partial charge >= 0.3 is 0 Å². The Morgan fingerprint density at radius 3 is 2.40 bits per heavy atom.